The summed E-state index contributed by atoms with van der Waals surface area (Å²) >= 11 is 0. The standard InChI is InChI=1S/C13H29N3O3/c1-12(18)9-14-3-4-15(10-13(2)19)6-8-16(11-17)7-5-14/h12-13,17-19H,3-11H2,1-2H3. The number of β-amino-alcohol motifs (C(OH)–C–C–N with tert-alkyl or cyclic N) is 2. The lowest BCUT2D eigenvalue weighted by Crippen LogP contribution is -2.41. The van der Waals surface area contributed by atoms with Gasteiger partial charge in [0, 0.05) is 52.4 Å². The van der Waals surface area contributed by atoms with Crippen LogP contribution in [-0.2, 0) is 0 Å². The maximum absolute atomic E-state index is 9.51. The Kier molecular flexibility index (Phi) is 7.82. The molecular formula is C13H29N3O3. The first-order chi connectivity index (χ1) is 9.01. The highest BCUT2D eigenvalue weighted by atomic mass is 16.3. The summed E-state index contributed by atoms with van der Waals surface area (Å²) in [7, 11) is 0. The third-order valence-electron chi connectivity index (χ3n) is 3.44. The molecule has 0 spiro atoms. The van der Waals surface area contributed by atoms with E-state index in [4.69, 9.17) is 0 Å². The van der Waals surface area contributed by atoms with E-state index in [2.05, 4.69) is 9.80 Å². The molecule has 0 bridgehead atoms. The fourth-order valence-electron chi connectivity index (χ4n) is 2.44. The van der Waals surface area contributed by atoms with Crippen LogP contribution in [0.3, 0.4) is 0 Å². The van der Waals surface area contributed by atoms with Gasteiger partial charge in [0.15, 0.2) is 0 Å². The molecular weight excluding hydrogens is 246 g/mol. The first-order valence-corrected chi connectivity index (χ1v) is 7.15. The minimum Gasteiger partial charge on any atom is -0.392 e. The summed E-state index contributed by atoms with van der Waals surface area (Å²) in [4.78, 5) is 6.43. The van der Waals surface area contributed by atoms with E-state index in [9.17, 15) is 15.3 Å². The van der Waals surface area contributed by atoms with Crippen LogP contribution in [0.4, 0.5) is 0 Å². The second-order valence-corrected chi connectivity index (χ2v) is 5.56. The molecule has 1 saturated heterocycles. The largest absolute Gasteiger partial charge is 0.392 e. The van der Waals surface area contributed by atoms with Crippen molar-refractivity contribution in [2.75, 3.05) is 59.1 Å². The third kappa shape index (κ3) is 7.20. The summed E-state index contributed by atoms with van der Waals surface area (Å²) in [5.74, 6) is 0. The molecule has 19 heavy (non-hydrogen) atoms. The molecule has 0 aromatic heterocycles. The maximum Gasteiger partial charge on any atom is 0.0957 e. The molecule has 6 nitrogen and oxygen atoms in total. The maximum atomic E-state index is 9.51. The van der Waals surface area contributed by atoms with Crippen LogP contribution in [0.15, 0.2) is 0 Å². The van der Waals surface area contributed by atoms with Crippen molar-refractivity contribution in [3.8, 4) is 0 Å². The highest BCUT2D eigenvalue weighted by Gasteiger charge is 2.17. The van der Waals surface area contributed by atoms with Crippen molar-refractivity contribution in [3.63, 3.8) is 0 Å². The number of aliphatic hydroxyl groups excluding tert-OH is 3. The number of nitrogens with zero attached hydrogens (tertiary/aromatic N) is 3. The molecule has 0 aliphatic carbocycles. The third-order valence-corrected chi connectivity index (χ3v) is 3.44. The quantitative estimate of drug-likeness (QED) is 0.574. The van der Waals surface area contributed by atoms with Crippen LogP contribution in [0.5, 0.6) is 0 Å². The van der Waals surface area contributed by atoms with Crippen LogP contribution in [0, 0.1) is 0 Å². The van der Waals surface area contributed by atoms with E-state index in [0.29, 0.717) is 13.1 Å². The minimum atomic E-state index is -0.339. The second kappa shape index (κ2) is 8.84. The van der Waals surface area contributed by atoms with Crippen molar-refractivity contribution in [1.82, 2.24) is 14.7 Å². The van der Waals surface area contributed by atoms with Gasteiger partial charge in [-0.25, -0.2) is 0 Å². The van der Waals surface area contributed by atoms with Crippen molar-refractivity contribution >= 4 is 0 Å². The van der Waals surface area contributed by atoms with E-state index in [-0.39, 0.29) is 18.9 Å². The topological polar surface area (TPSA) is 70.4 Å². The van der Waals surface area contributed by atoms with Crippen LogP contribution >= 0.6 is 0 Å². The lowest BCUT2D eigenvalue weighted by Gasteiger charge is -2.27. The second-order valence-electron chi connectivity index (χ2n) is 5.56. The first-order valence-electron chi connectivity index (χ1n) is 7.15. The molecule has 0 aromatic rings. The van der Waals surface area contributed by atoms with Gasteiger partial charge in [-0.3, -0.25) is 14.7 Å². The molecule has 6 heteroatoms. The van der Waals surface area contributed by atoms with Gasteiger partial charge in [-0.15, -0.1) is 0 Å². The van der Waals surface area contributed by atoms with E-state index in [1.807, 2.05) is 4.90 Å². The number of aliphatic hydroxyl groups is 3. The first kappa shape index (κ1) is 16.8. The molecule has 0 amide bonds. The molecule has 1 aliphatic rings. The van der Waals surface area contributed by atoms with Crippen molar-refractivity contribution in [2.45, 2.75) is 26.1 Å². The van der Waals surface area contributed by atoms with Crippen LogP contribution in [-0.4, -0.2) is 101 Å². The molecule has 1 fully saturated rings. The molecule has 0 aromatic carbocycles. The average molecular weight is 275 g/mol. The lowest BCUT2D eigenvalue weighted by atomic mass is 10.3. The Morgan fingerprint density at radius 3 is 1.32 bits per heavy atom. The predicted molar refractivity (Wildman–Crippen MR) is 74.9 cm³/mol. The molecule has 1 aliphatic heterocycles. The van der Waals surface area contributed by atoms with E-state index < -0.39 is 0 Å². The van der Waals surface area contributed by atoms with Gasteiger partial charge in [0.1, 0.15) is 0 Å². The van der Waals surface area contributed by atoms with Gasteiger partial charge in [0.2, 0.25) is 0 Å². The van der Waals surface area contributed by atoms with Crippen LogP contribution in [0.25, 0.3) is 0 Å². The Balaban J connectivity index is 2.56. The summed E-state index contributed by atoms with van der Waals surface area (Å²) in [5, 5.41) is 28.4. The van der Waals surface area contributed by atoms with E-state index in [0.717, 1.165) is 39.3 Å². The predicted octanol–water partition coefficient (Wildman–Crippen LogP) is -1.38. The Bertz CT molecular complexity index is 217. The van der Waals surface area contributed by atoms with Crippen molar-refractivity contribution in [2.24, 2.45) is 0 Å². The number of hydrogen-bond acceptors (Lipinski definition) is 6. The van der Waals surface area contributed by atoms with Gasteiger partial charge in [-0.2, -0.15) is 0 Å². The summed E-state index contributed by atoms with van der Waals surface area (Å²) in [6.07, 6.45) is -0.679. The molecule has 0 saturated carbocycles. The molecule has 2 unspecified atom stereocenters. The zero-order valence-electron chi connectivity index (χ0n) is 12.2. The average Bonchev–Trinajstić information content (AvgIpc) is 2.41. The van der Waals surface area contributed by atoms with Gasteiger partial charge >= 0.3 is 0 Å². The summed E-state index contributed by atoms with van der Waals surface area (Å²) in [6.45, 7) is 10.1. The molecule has 114 valence electrons. The highest BCUT2D eigenvalue weighted by Crippen LogP contribution is 2.02. The molecule has 1 rings (SSSR count). The van der Waals surface area contributed by atoms with Crippen molar-refractivity contribution < 1.29 is 15.3 Å². The fraction of sp³-hybridized carbons (Fsp3) is 1.00. The van der Waals surface area contributed by atoms with E-state index in [1.54, 1.807) is 13.8 Å². The van der Waals surface area contributed by atoms with Crippen molar-refractivity contribution in [3.05, 3.63) is 0 Å². The number of rotatable bonds is 5. The van der Waals surface area contributed by atoms with E-state index >= 15 is 0 Å². The van der Waals surface area contributed by atoms with Crippen LogP contribution in [0.1, 0.15) is 13.8 Å². The highest BCUT2D eigenvalue weighted by molar-refractivity contribution is 4.72. The Morgan fingerprint density at radius 2 is 1.05 bits per heavy atom. The van der Waals surface area contributed by atoms with E-state index in [1.165, 1.54) is 0 Å². The lowest BCUT2D eigenvalue weighted by molar-refractivity contribution is 0.0827. The SMILES string of the molecule is CC(O)CN1CCN(CO)CCN(CC(C)O)CC1. The Hall–Kier alpha value is -0.240. The van der Waals surface area contributed by atoms with Crippen molar-refractivity contribution in [1.29, 1.82) is 0 Å². The minimum absolute atomic E-state index is 0.0606. The molecule has 0 radical (unpaired) electrons. The molecule has 2 atom stereocenters. The van der Waals surface area contributed by atoms with Crippen LogP contribution < -0.4 is 0 Å². The zero-order chi connectivity index (χ0) is 14.3. The Morgan fingerprint density at radius 1 is 0.737 bits per heavy atom. The molecule has 1 heterocycles. The van der Waals surface area contributed by atoms with Gasteiger partial charge in [0.25, 0.3) is 0 Å². The summed E-state index contributed by atoms with van der Waals surface area (Å²) in [5.41, 5.74) is 0. The fourth-order valence-corrected chi connectivity index (χ4v) is 2.44. The number of hydrogen-bond donors (Lipinski definition) is 3. The molecule has 3 N–H and O–H groups in total. The van der Waals surface area contributed by atoms with Gasteiger partial charge in [0.05, 0.1) is 18.9 Å². The summed E-state index contributed by atoms with van der Waals surface area (Å²) in [6, 6.07) is 0. The monoisotopic (exact) mass is 275 g/mol. The van der Waals surface area contributed by atoms with Gasteiger partial charge < -0.3 is 15.3 Å². The van der Waals surface area contributed by atoms with Gasteiger partial charge in [-0.1, -0.05) is 0 Å². The normalized spacial score (nSPS) is 24.5. The Labute approximate surface area is 116 Å². The van der Waals surface area contributed by atoms with Crippen LogP contribution in [0.2, 0.25) is 0 Å². The van der Waals surface area contributed by atoms with Gasteiger partial charge in [-0.05, 0) is 13.8 Å². The zero-order valence-corrected chi connectivity index (χ0v) is 12.2. The summed E-state index contributed by atoms with van der Waals surface area (Å²) < 4.78 is 0. The smallest absolute Gasteiger partial charge is 0.0957 e.